The van der Waals surface area contributed by atoms with Crippen molar-refractivity contribution < 1.29 is 14.7 Å². The van der Waals surface area contributed by atoms with E-state index in [9.17, 15) is 9.59 Å². The molecule has 2 rings (SSSR count). The third kappa shape index (κ3) is 4.09. The van der Waals surface area contributed by atoms with E-state index in [1.165, 1.54) is 12.8 Å². The van der Waals surface area contributed by atoms with Crippen LogP contribution in [0.15, 0.2) is 0 Å². The second-order valence-electron chi connectivity index (χ2n) is 5.41. The molecule has 0 bridgehead atoms. The molecule has 2 aliphatic rings. The first-order chi connectivity index (χ1) is 9.10. The van der Waals surface area contributed by atoms with Gasteiger partial charge in [-0.1, -0.05) is 6.92 Å². The summed E-state index contributed by atoms with van der Waals surface area (Å²) in [6, 6.07) is 0.357. The zero-order chi connectivity index (χ0) is 13.8. The molecule has 19 heavy (non-hydrogen) atoms. The van der Waals surface area contributed by atoms with Crippen LogP contribution in [0.1, 0.15) is 32.6 Å². The molecule has 2 N–H and O–H groups in total. The number of amides is 2. The number of carboxylic acid groups (broad SMARTS) is 1. The van der Waals surface area contributed by atoms with E-state index in [2.05, 4.69) is 10.2 Å². The van der Waals surface area contributed by atoms with E-state index in [1.54, 1.807) is 4.90 Å². The lowest BCUT2D eigenvalue weighted by Crippen LogP contribution is -2.54. The molecule has 1 unspecified atom stereocenters. The molecule has 1 heterocycles. The van der Waals surface area contributed by atoms with E-state index < -0.39 is 5.97 Å². The van der Waals surface area contributed by atoms with Gasteiger partial charge in [0.2, 0.25) is 0 Å². The Bertz CT molecular complexity index is 336. The van der Waals surface area contributed by atoms with Gasteiger partial charge in [-0.05, 0) is 19.3 Å². The number of hydrogen-bond acceptors (Lipinski definition) is 3. The summed E-state index contributed by atoms with van der Waals surface area (Å²) in [6.07, 6.45) is 3.22. The Labute approximate surface area is 113 Å². The monoisotopic (exact) mass is 269 g/mol. The molecule has 0 aromatic carbocycles. The van der Waals surface area contributed by atoms with Gasteiger partial charge in [0, 0.05) is 38.3 Å². The molecule has 0 aromatic rings. The van der Waals surface area contributed by atoms with E-state index in [0.29, 0.717) is 6.42 Å². The largest absolute Gasteiger partial charge is 0.481 e. The van der Waals surface area contributed by atoms with Gasteiger partial charge in [-0.15, -0.1) is 0 Å². The lowest BCUT2D eigenvalue weighted by Gasteiger charge is -2.35. The molecule has 108 valence electrons. The third-order valence-electron chi connectivity index (χ3n) is 3.91. The molecule has 2 fully saturated rings. The smallest absolute Gasteiger partial charge is 0.317 e. The molecule has 0 aromatic heterocycles. The SMILES string of the molecule is CCC(CC(=O)O)NC(=O)N1CCN(C2CC2)CC1. The average Bonchev–Trinajstić information content (AvgIpc) is 3.21. The van der Waals surface area contributed by atoms with Crippen molar-refractivity contribution in [3.8, 4) is 0 Å². The predicted octanol–water partition coefficient (Wildman–Crippen LogP) is 0.729. The highest BCUT2D eigenvalue weighted by Crippen LogP contribution is 2.27. The minimum Gasteiger partial charge on any atom is -0.481 e. The van der Waals surface area contributed by atoms with E-state index in [-0.39, 0.29) is 18.5 Å². The average molecular weight is 269 g/mol. The van der Waals surface area contributed by atoms with Crippen LogP contribution < -0.4 is 5.32 Å². The van der Waals surface area contributed by atoms with Crippen molar-refractivity contribution in [1.29, 1.82) is 0 Å². The highest BCUT2D eigenvalue weighted by Gasteiger charge is 2.32. The minimum absolute atomic E-state index is 0.00964. The summed E-state index contributed by atoms with van der Waals surface area (Å²) in [4.78, 5) is 27.0. The zero-order valence-electron chi connectivity index (χ0n) is 11.5. The fourth-order valence-electron chi connectivity index (χ4n) is 2.50. The molecule has 1 atom stereocenters. The van der Waals surface area contributed by atoms with Crippen LogP contribution in [0, 0.1) is 0 Å². The fourth-order valence-corrected chi connectivity index (χ4v) is 2.50. The molecule has 1 saturated heterocycles. The number of piperazine rings is 1. The van der Waals surface area contributed by atoms with Crippen molar-refractivity contribution in [2.45, 2.75) is 44.7 Å². The molecule has 1 aliphatic carbocycles. The maximum atomic E-state index is 12.0. The molecule has 1 saturated carbocycles. The Morgan fingerprint density at radius 2 is 1.89 bits per heavy atom. The fraction of sp³-hybridized carbons (Fsp3) is 0.846. The van der Waals surface area contributed by atoms with Crippen molar-refractivity contribution in [2.75, 3.05) is 26.2 Å². The van der Waals surface area contributed by atoms with Gasteiger partial charge < -0.3 is 15.3 Å². The summed E-state index contributed by atoms with van der Waals surface area (Å²) in [5.74, 6) is -0.870. The van der Waals surface area contributed by atoms with Crippen LogP contribution in [-0.4, -0.2) is 65.2 Å². The van der Waals surface area contributed by atoms with E-state index in [1.807, 2.05) is 6.92 Å². The number of aliphatic carboxylic acids is 1. The van der Waals surface area contributed by atoms with Crippen LogP contribution in [0.25, 0.3) is 0 Å². The Morgan fingerprint density at radius 3 is 2.37 bits per heavy atom. The van der Waals surface area contributed by atoms with E-state index >= 15 is 0 Å². The molecule has 6 heteroatoms. The van der Waals surface area contributed by atoms with Gasteiger partial charge in [0.05, 0.1) is 6.42 Å². The van der Waals surface area contributed by atoms with Gasteiger partial charge in [0.15, 0.2) is 0 Å². The molecule has 0 radical (unpaired) electrons. The molecule has 0 spiro atoms. The lowest BCUT2D eigenvalue weighted by atomic mass is 10.1. The van der Waals surface area contributed by atoms with Crippen LogP contribution in [0.2, 0.25) is 0 Å². The summed E-state index contributed by atoms with van der Waals surface area (Å²) in [5.41, 5.74) is 0. The first kappa shape index (κ1) is 14.1. The number of nitrogens with one attached hydrogen (secondary N) is 1. The maximum absolute atomic E-state index is 12.0. The zero-order valence-corrected chi connectivity index (χ0v) is 11.5. The summed E-state index contributed by atoms with van der Waals surface area (Å²) in [5, 5.41) is 11.6. The minimum atomic E-state index is -0.870. The van der Waals surface area contributed by atoms with Crippen LogP contribution in [0.4, 0.5) is 4.79 Å². The third-order valence-corrected chi connectivity index (χ3v) is 3.91. The van der Waals surface area contributed by atoms with Crippen molar-refractivity contribution in [2.24, 2.45) is 0 Å². The van der Waals surface area contributed by atoms with Crippen LogP contribution in [-0.2, 0) is 4.79 Å². The highest BCUT2D eigenvalue weighted by molar-refractivity contribution is 5.76. The molecular weight excluding hydrogens is 246 g/mol. The number of carbonyl (C=O) groups is 2. The number of carboxylic acids is 1. The van der Waals surface area contributed by atoms with Gasteiger partial charge >= 0.3 is 12.0 Å². The second kappa shape index (κ2) is 6.23. The topological polar surface area (TPSA) is 72.9 Å². The van der Waals surface area contributed by atoms with Crippen molar-refractivity contribution in [3.05, 3.63) is 0 Å². The van der Waals surface area contributed by atoms with Gasteiger partial charge in [-0.2, -0.15) is 0 Å². The Hall–Kier alpha value is -1.30. The van der Waals surface area contributed by atoms with Gasteiger partial charge in [-0.25, -0.2) is 4.79 Å². The second-order valence-corrected chi connectivity index (χ2v) is 5.41. The number of rotatable bonds is 5. The maximum Gasteiger partial charge on any atom is 0.317 e. The molecule has 6 nitrogen and oxygen atoms in total. The number of hydrogen-bond donors (Lipinski definition) is 2. The standard InChI is InChI=1S/C13H23N3O3/c1-2-10(9-12(17)18)14-13(19)16-7-5-15(6-8-16)11-3-4-11/h10-11H,2-9H2,1H3,(H,14,19)(H,17,18). The van der Waals surface area contributed by atoms with Gasteiger partial charge in [-0.3, -0.25) is 9.69 Å². The Kier molecular flexibility index (Phi) is 4.63. The van der Waals surface area contributed by atoms with Crippen LogP contribution >= 0.6 is 0 Å². The summed E-state index contributed by atoms with van der Waals surface area (Å²) in [6.45, 7) is 5.25. The molecule has 1 aliphatic heterocycles. The van der Waals surface area contributed by atoms with Crippen molar-refractivity contribution in [3.63, 3.8) is 0 Å². The summed E-state index contributed by atoms with van der Waals surface area (Å²) in [7, 11) is 0. The normalized spacial score (nSPS) is 22.1. The van der Waals surface area contributed by atoms with E-state index in [4.69, 9.17) is 5.11 Å². The number of nitrogens with zero attached hydrogens (tertiary/aromatic N) is 2. The van der Waals surface area contributed by atoms with E-state index in [0.717, 1.165) is 32.2 Å². The Morgan fingerprint density at radius 1 is 1.26 bits per heavy atom. The lowest BCUT2D eigenvalue weighted by molar-refractivity contribution is -0.137. The summed E-state index contributed by atoms with van der Waals surface area (Å²) >= 11 is 0. The summed E-state index contributed by atoms with van der Waals surface area (Å²) < 4.78 is 0. The van der Waals surface area contributed by atoms with Crippen molar-refractivity contribution in [1.82, 2.24) is 15.1 Å². The van der Waals surface area contributed by atoms with Gasteiger partial charge in [0.25, 0.3) is 0 Å². The predicted molar refractivity (Wildman–Crippen MR) is 71.0 cm³/mol. The Balaban J connectivity index is 1.74. The highest BCUT2D eigenvalue weighted by atomic mass is 16.4. The van der Waals surface area contributed by atoms with Crippen LogP contribution in [0.3, 0.4) is 0 Å². The molecular formula is C13H23N3O3. The molecule has 2 amide bonds. The van der Waals surface area contributed by atoms with Gasteiger partial charge in [0.1, 0.15) is 0 Å². The first-order valence-corrected chi connectivity index (χ1v) is 7.11. The number of urea groups is 1. The quantitative estimate of drug-likeness (QED) is 0.771. The number of carbonyl (C=O) groups excluding carboxylic acids is 1. The van der Waals surface area contributed by atoms with Crippen LogP contribution in [0.5, 0.6) is 0 Å². The first-order valence-electron chi connectivity index (χ1n) is 7.11. The van der Waals surface area contributed by atoms with Crippen molar-refractivity contribution >= 4 is 12.0 Å².